The summed E-state index contributed by atoms with van der Waals surface area (Å²) in [5.41, 5.74) is 0. The maximum absolute atomic E-state index is 13.4. The first-order valence-electron chi connectivity index (χ1n) is 41.2. The van der Waals surface area contributed by atoms with E-state index in [1.54, 1.807) is 6.08 Å². The van der Waals surface area contributed by atoms with Crippen molar-refractivity contribution in [2.75, 3.05) is 19.8 Å². The van der Waals surface area contributed by atoms with Crippen LogP contribution in [0.4, 0.5) is 0 Å². The summed E-state index contributed by atoms with van der Waals surface area (Å²) in [7, 11) is 0. The molecule has 0 bridgehead atoms. The van der Waals surface area contributed by atoms with E-state index in [1.807, 2.05) is 6.08 Å². The molecule has 12 atom stereocenters. The van der Waals surface area contributed by atoms with Gasteiger partial charge in [-0.3, -0.25) is 4.79 Å². The third-order valence-electron chi connectivity index (χ3n) is 20.3. The number of rotatable bonds is 70. The Morgan fingerprint density at radius 2 is 0.667 bits per heavy atom. The van der Waals surface area contributed by atoms with Crippen molar-refractivity contribution in [2.24, 2.45) is 0 Å². The minimum Gasteiger partial charge on any atom is -0.394 e. The summed E-state index contributed by atoms with van der Waals surface area (Å²) in [5, 5.41) is 87.6. The lowest BCUT2D eigenvalue weighted by Crippen LogP contribution is -2.65. The van der Waals surface area contributed by atoms with Crippen molar-refractivity contribution in [3.63, 3.8) is 0 Å². The quantitative estimate of drug-likeness (QED) is 0.0204. The van der Waals surface area contributed by atoms with Crippen LogP contribution in [0.3, 0.4) is 0 Å². The Bertz CT molecular complexity index is 1750. The molecule has 1 amide bonds. The van der Waals surface area contributed by atoms with Crippen LogP contribution in [0.2, 0.25) is 0 Å². The number of carbonyl (C=O) groups is 1. The van der Waals surface area contributed by atoms with E-state index in [1.165, 1.54) is 308 Å². The fourth-order valence-corrected chi connectivity index (χ4v) is 13.8. The van der Waals surface area contributed by atoms with Crippen LogP contribution >= 0.6 is 0 Å². The van der Waals surface area contributed by atoms with Gasteiger partial charge in [0.1, 0.15) is 48.8 Å². The lowest BCUT2D eigenvalue weighted by molar-refractivity contribution is -0.359. The van der Waals surface area contributed by atoms with Gasteiger partial charge in [0, 0.05) is 6.42 Å². The van der Waals surface area contributed by atoms with Crippen LogP contribution in [0.25, 0.3) is 0 Å². The fourth-order valence-electron chi connectivity index (χ4n) is 13.8. The Morgan fingerprint density at radius 1 is 0.365 bits per heavy atom. The highest BCUT2D eigenvalue weighted by molar-refractivity contribution is 5.76. The Balaban J connectivity index is 1.56. The maximum Gasteiger partial charge on any atom is 0.220 e. The number of hydrogen-bond acceptors (Lipinski definition) is 13. The van der Waals surface area contributed by atoms with Gasteiger partial charge in [0.2, 0.25) is 5.91 Å². The Labute approximate surface area is 589 Å². The van der Waals surface area contributed by atoms with Gasteiger partial charge in [0.25, 0.3) is 0 Å². The summed E-state index contributed by atoms with van der Waals surface area (Å²) < 4.78 is 22.9. The van der Waals surface area contributed by atoms with Crippen molar-refractivity contribution in [3.8, 4) is 0 Å². The Hall–Kier alpha value is -1.79. The molecule has 2 aliphatic rings. The summed E-state index contributed by atoms with van der Waals surface area (Å²) >= 11 is 0. The normalized spacial score (nSPS) is 22.4. The number of nitrogens with one attached hydrogen (secondary N) is 1. The molecule has 14 heteroatoms. The van der Waals surface area contributed by atoms with Crippen LogP contribution in [0, 0.1) is 0 Å². The van der Waals surface area contributed by atoms with Crippen molar-refractivity contribution in [2.45, 2.75) is 460 Å². The largest absolute Gasteiger partial charge is 0.394 e. The van der Waals surface area contributed by atoms with Gasteiger partial charge in [0.05, 0.1) is 32.0 Å². The van der Waals surface area contributed by atoms with Crippen LogP contribution in [-0.2, 0) is 23.7 Å². The number of ether oxygens (including phenoxy) is 4. The first-order chi connectivity index (χ1) is 47.1. The minimum atomic E-state index is -1.79. The number of allylic oxidation sites excluding steroid dienone is 5. The number of unbranched alkanes of at least 4 members (excludes halogenated alkanes) is 53. The Kier molecular flexibility index (Phi) is 62.5. The molecule has 0 aliphatic carbocycles. The van der Waals surface area contributed by atoms with Gasteiger partial charge in [-0.15, -0.1) is 0 Å². The van der Waals surface area contributed by atoms with Gasteiger partial charge in [-0.05, 0) is 44.9 Å². The van der Waals surface area contributed by atoms with Crippen molar-refractivity contribution in [1.82, 2.24) is 5.32 Å². The molecular weight excluding hydrogens is 1210 g/mol. The van der Waals surface area contributed by atoms with E-state index in [0.717, 1.165) is 44.9 Å². The molecule has 0 spiro atoms. The van der Waals surface area contributed by atoms with E-state index >= 15 is 0 Å². The monoisotopic (exact) mass is 1360 g/mol. The van der Waals surface area contributed by atoms with E-state index < -0.39 is 86.8 Å². The predicted molar refractivity (Wildman–Crippen MR) is 397 cm³/mol. The zero-order valence-electron chi connectivity index (χ0n) is 62.1. The van der Waals surface area contributed by atoms with Crippen molar-refractivity contribution >= 4 is 5.91 Å². The van der Waals surface area contributed by atoms with E-state index in [9.17, 15) is 45.6 Å². The highest BCUT2D eigenvalue weighted by Gasteiger charge is 2.51. The molecule has 566 valence electrons. The number of aliphatic hydroxyl groups excluding tert-OH is 8. The highest BCUT2D eigenvalue weighted by atomic mass is 16.7. The van der Waals surface area contributed by atoms with E-state index in [-0.39, 0.29) is 18.9 Å². The molecule has 9 N–H and O–H groups in total. The van der Waals surface area contributed by atoms with Crippen LogP contribution in [0.1, 0.15) is 386 Å². The van der Waals surface area contributed by atoms with Crippen molar-refractivity contribution in [1.29, 1.82) is 0 Å². The number of hydrogen-bond donors (Lipinski definition) is 9. The first-order valence-corrected chi connectivity index (χ1v) is 41.2. The van der Waals surface area contributed by atoms with Crippen LogP contribution < -0.4 is 5.32 Å². The molecule has 0 radical (unpaired) electrons. The van der Waals surface area contributed by atoms with Crippen LogP contribution in [-0.4, -0.2) is 140 Å². The van der Waals surface area contributed by atoms with E-state index in [0.29, 0.717) is 12.8 Å². The molecule has 2 heterocycles. The molecule has 12 unspecified atom stereocenters. The summed E-state index contributed by atoms with van der Waals surface area (Å²) in [6.07, 6.45) is 71.2. The lowest BCUT2D eigenvalue weighted by atomic mass is 9.97. The zero-order chi connectivity index (χ0) is 69.4. The van der Waals surface area contributed by atoms with E-state index in [2.05, 4.69) is 43.5 Å². The molecule has 0 aromatic heterocycles. The SMILES string of the molecule is CCCCCCCCCCCCC/C=C/CC/C=C/CC/C=C/C(O)C(COC1OC(CO)C(OC2OC(CO)C(O)C(O)C2O)C(O)C1O)NC(=O)CCCCCCCCCCCCCCCCCCCCCCCCCCCCCCCCCCCCCCCCCCC. The van der Waals surface area contributed by atoms with Gasteiger partial charge < -0.3 is 65.1 Å². The number of amides is 1. The second kappa shape index (κ2) is 66.4. The third kappa shape index (κ3) is 48.9. The summed E-state index contributed by atoms with van der Waals surface area (Å²) in [6, 6.07) is -0.938. The molecular formula is C82H155NO13. The average molecular weight is 1360 g/mol. The molecule has 0 saturated carbocycles. The van der Waals surface area contributed by atoms with Crippen LogP contribution in [0.15, 0.2) is 36.5 Å². The molecule has 2 aliphatic heterocycles. The second-order valence-electron chi connectivity index (χ2n) is 29.2. The number of aliphatic hydroxyl groups is 8. The third-order valence-corrected chi connectivity index (χ3v) is 20.3. The highest BCUT2D eigenvalue weighted by Crippen LogP contribution is 2.30. The Morgan fingerprint density at radius 3 is 1.02 bits per heavy atom. The molecule has 0 aromatic rings. The van der Waals surface area contributed by atoms with Gasteiger partial charge >= 0.3 is 0 Å². The molecule has 14 nitrogen and oxygen atoms in total. The smallest absolute Gasteiger partial charge is 0.220 e. The second-order valence-corrected chi connectivity index (χ2v) is 29.2. The average Bonchev–Trinajstić information content (AvgIpc) is 0.800. The summed E-state index contributed by atoms with van der Waals surface area (Å²) in [5.74, 6) is -0.245. The van der Waals surface area contributed by atoms with Crippen molar-refractivity contribution < 1.29 is 64.6 Å². The van der Waals surface area contributed by atoms with Gasteiger partial charge in [-0.1, -0.05) is 371 Å². The zero-order valence-corrected chi connectivity index (χ0v) is 62.1. The lowest BCUT2D eigenvalue weighted by Gasteiger charge is -2.46. The van der Waals surface area contributed by atoms with Gasteiger partial charge in [-0.25, -0.2) is 0 Å². The van der Waals surface area contributed by atoms with Gasteiger partial charge in [-0.2, -0.15) is 0 Å². The summed E-state index contributed by atoms with van der Waals surface area (Å²) in [6.45, 7) is 2.83. The fraction of sp³-hybridized carbons (Fsp3) is 0.915. The topological polar surface area (TPSA) is 228 Å². The van der Waals surface area contributed by atoms with Crippen LogP contribution in [0.5, 0.6) is 0 Å². The molecule has 2 saturated heterocycles. The van der Waals surface area contributed by atoms with Gasteiger partial charge in [0.15, 0.2) is 12.6 Å². The molecule has 0 aromatic carbocycles. The van der Waals surface area contributed by atoms with E-state index in [4.69, 9.17) is 18.9 Å². The van der Waals surface area contributed by atoms with Crippen molar-refractivity contribution in [3.05, 3.63) is 36.5 Å². The maximum atomic E-state index is 13.4. The molecule has 2 rings (SSSR count). The molecule has 96 heavy (non-hydrogen) atoms. The summed E-state index contributed by atoms with van der Waals surface area (Å²) in [4.78, 5) is 13.4. The predicted octanol–water partition coefficient (Wildman–Crippen LogP) is 18.8. The first kappa shape index (κ1) is 90.3. The minimum absolute atomic E-state index is 0.245. The molecule has 2 fully saturated rings. The number of carbonyl (C=O) groups excluding carboxylic acids is 1. The standard InChI is InChI=1S/C82H155NO13/c1-3-5-7-9-11-13-15-17-19-21-23-25-26-27-28-29-30-31-32-33-34-35-36-37-38-39-40-41-42-43-44-46-48-50-52-54-56-58-60-62-64-66-74(87)83-70(71(86)65-63-61-59-57-55-53-51-49-47-45-24-22-20-18-16-14-12-10-8-6-4-2)69-93-81-79(92)77(90)80(73(68-85)95-81)96-82-78(91)76(89)75(88)72(67-84)94-82/h47,49,55,57,63,65,70-73,75-82,84-86,88-92H,3-46,48,50-54,56,58-62,64,66-69H2,1-2H3,(H,83,87)/b49-47+,57-55+,65-63+.